The topological polar surface area (TPSA) is 37.8 Å². The summed E-state index contributed by atoms with van der Waals surface area (Å²) in [6.07, 6.45) is 0. The molecule has 0 aliphatic rings. The van der Waals surface area contributed by atoms with Gasteiger partial charge in [-0.2, -0.15) is 0 Å². The third-order valence-electron chi connectivity index (χ3n) is 1.81. The molecule has 3 heteroatoms. The maximum atomic E-state index is 11.0. The lowest BCUT2D eigenvalue weighted by Gasteiger charge is -1.89. The summed E-state index contributed by atoms with van der Waals surface area (Å²) in [7, 11) is 1.75. The van der Waals surface area contributed by atoms with E-state index < -0.39 is 0 Å². The van der Waals surface area contributed by atoms with Crippen molar-refractivity contribution in [2.24, 2.45) is 7.05 Å². The Kier molecular flexibility index (Phi) is 5.86. The zero-order valence-corrected chi connectivity index (χ0v) is 9.58. The lowest BCUT2D eigenvalue weighted by atomic mass is 10.3. The van der Waals surface area contributed by atoms with E-state index in [9.17, 15) is 4.79 Å². The van der Waals surface area contributed by atoms with Crippen molar-refractivity contribution < 1.29 is 0 Å². The summed E-state index contributed by atoms with van der Waals surface area (Å²) in [6.45, 7) is 10.0. The molecule has 3 nitrogen and oxygen atoms in total. The Morgan fingerprint density at radius 1 is 1.20 bits per heavy atom. The molecule has 0 unspecified atom stereocenters. The number of hydrogen-bond donors (Lipinski definition) is 1. The SMILES string of the molecule is C=C.CC.Cn1c(=O)[nH]c2ccccc21. The molecule has 1 N–H and O–H groups in total. The summed E-state index contributed by atoms with van der Waals surface area (Å²) in [5.74, 6) is 0. The maximum Gasteiger partial charge on any atom is 0.326 e. The Hall–Kier alpha value is -1.77. The van der Waals surface area contributed by atoms with Crippen molar-refractivity contribution in [1.29, 1.82) is 0 Å². The largest absolute Gasteiger partial charge is 0.326 e. The molecule has 0 radical (unpaired) electrons. The van der Waals surface area contributed by atoms with Crippen molar-refractivity contribution in [2.45, 2.75) is 13.8 Å². The van der Waals surface area contributed by atoms with Gasteiger partial charge in [0.25, 0.3) is 0 Å². The molecule has 1 aromatic heterocycles. The van der Waals surface area contributed by atoms with Crippen LogP contribution in [0.15, 0.2) is 42.2 Å². The van der Waals surface area contributed by atoms with Crippen LogP contribution in [0.4, 0.5) is 0 Å². The molecule has 82 valence electrons. The van der Waals surface area contributed by atoms with Crippen LogP contribution in [0.25, 0.3) is 11.0 Å². The maximum absolute atomic E-state index is 11.0. The van der Waals surface area contributed by atoms with E-state index in [1.807, 2.05) is 38.1 Å². The van der Waals surface area contributed by atoms with Crippen LogP contribution in [0.2, 0.25) is 0 Å². The number of benzene rings is 1. The molecule has 0 aliphatic carbocycles. The fourth-order valence-corrected chi connectivity index (χ4v) is 1.18. The first-order valence-corrected chi connectivity index (χ1v) is 4.93. The van der Waals surface area contributed by atoms with Gasteiger partial charge in [0.15, 0.2) is 0 Å². The first-order chi connectivity index (χ1) is 7.29. The molecule has 0 saturated heterocycles. The fourth-order valence-electron chi connectivity index (χ4n) is 1.18. The van der Waals surface area contributed by atoms with Gasteiger partial charge in [-0.15, -0.1) is 13.2 Å². The molecule has 0 bridgehead atoms. The predicted molar refractivity (Wildman–Crippen MR) is 66.1 cm³/mol. The number of imidazole rings is 1. The lowest BCUT2D eigenvalue weighted by molar-refractivity contribution is 0.891. The van der Waals surface area contributed by atoms with Gasteiger partial charge in [0.05, 0.1) is 11.0 Å². The van der Waals surface area contributed by atoms with Crippen LogP contribution < -0.4 is 5.69 Å². The van der Waals surface area contributed by atoms with Crippen molar-refractivity contribution in [3.8, 4) is 0 Å². The number of hydrogen-bond acceptors (Lipinski definition) is 1. The Balaban J connectivity index is 0.000000442. The second-order valence-corrected chi connectivity index (χ2v) is 2.51. The molecule has 2 rings (SSSR count). The van der Waals surface area contributed by atoms with E-state index in [0.29, 0.717) is 0 Å². The Morgan fingerprint density at radius 3 is 2.27 bits per heavy atom. The first-order valence-electron chi connectivity index (χ1n) is 4.93. The minimum atomic E-state index is -0.0637. The van der Waals surface area contributed by atoms with Crippen molar-refractivity contribution >= 4 is 11.0 Å². The first kappa shape index (κ1) is 13.2. The molecule has 0 amide bonds. The highest BCUT2D eigenvalue weighted by Crippen LogP contribution is 2.06. The normalized spacial score (nSPS) is 8.47. The Bertz CT molecular complexity index is 454. The quantitative estimate of drug-likeness (QED) is 0.661. The Morgan fingerprint density at radius 2 is 1.73 bits per heavy atom. The minimum Gasteiger partial charge on any atom is -0.306 e. The highest BCUT2D eigenvalue weighted by atomic mass is 16.1. The molecular formula is C12H18N2O. The minimum absolute atomic E-state index is 0.0637. The van der Waals surface area contributed by atoms with Crippen LogP contribution in [0.3, 0.4) is 0 Å². The van der Waals surface area contributed by atoms with Gasteiger partial charge in [0.1, 0.15) is 0 Å². The summed E-state index contributed by atoms with van der Waals surface area (Å²) in [5, 5.41) is 0. The average Bonchev–Trinajstić information content (AvgIpc) is 2.61. The third kappa shape index (κ3) is 2.84. The van der Waals surface area contributed by atoms with E-state index in [4.69, 9.17) is 0 Å². The van der Waals surface area contributed by atoms with Crippen LogP contribution in [0, 0.1) is 0 Å². The zero-order valence-electron chi connectivity index (χ0n) is 9.58. The van der Waals surface area contributed by atoms with Gasteiger partial charge >= 0.3 is 5.69 Å². The number of fused-ring (bicyclic) bond motifs is 1. The van der Waals surface area contributed by atoms with Crippen molar-refractivity contribution in [3.63, 3.8) is 0 Å². The number of aryl methyl sites for hydroxylation is 1. The van der Waals surface area contributed by atoms with E-state index in [-0.39, 0.29) is 5.69 Å². The van der Waals surface area contributed by atoms with E-state index in [2.05, 4.69) is 18.1 Å². The van der Waals surface area contributed by atoms with Crippen LogP contribution in [0.1, 0.15) is 13.8 Å². The molecule has 15 heavy (non-hydrogen) atoms. The number of aromatic nitrogens is 2. The molecule has 1 aromatic carbocycles. The predicted octanol–water partition coefficient (Wildman–Crippen LogP) is 2.70. The molecule has 0 spiro atoms. The molecule has 0 fully saturated rings. The zero-order chi connectivity index (χ0) is 11.8. The van der Waals surface area contributed by atoms with Gasteiger partial charge in [-0.1, -0.05) is 26.0 Å². The Labute approximate surface area is 90.1 Å². The van der Waals surface area contributed by atoms with E-state index in [1.165, 1.54) is 0 Å². The van der Waals surface area contributed by atoms with Gasteiger partial charge in [0.2, 0.25) is 0 Å². The van der Waals surface area contributed by atoms with E-state index in [0.717, 1.165) is 11.0 Å². The van der Waals surface area contributed by atoms with Crippen molar-refractivity contribution in [3.05, 3.63) is 47.9 Å². The van der Waals surface area contributed by atoms with Crippen LogP contribution in [0.5, 0.6) is 0 Å². The summed E-state index contributed by atoms with van der Waals surface area (Å²) in [6, 6.07) is 7.61. The number of H-pyrrole nitrogens is 1. The smallest absolute Gasteiger partial charge is 0.306 e. The number of nitrogens with one attached hydrogen (secondary N) is 1. The number of nitrogens with zero attached hydrogens (tertiary/aromatic N) is 1. The molecule has 0 atom stereocenters. The summed E-state index contributed by atoms with van der Waals surface area (Å²) >= 11 is 0. The van der Waals surface area contributed by atoms with Crippen molar-refractivity contribution in [2.75, 3.05) is 0 Å². The highest BCUT2D eigenvalue weighted by molar-refractivity contribution is 5.74. The van der Waals surface area contributed by atoms with Gasteiger partial charge in [0, 0.05) is 7.05 Å². The lowest BCUT2D eigenvalue weighted by Crippen LogP contribution is -2.11. The van der Waals surface area contributed by atoms with Gasteiger partial charge in [-0.3, -0.25) is 4.57 Å². The second-order valence-electron chi connectivity index (χ2n) is 2.51. The van der Waals surface area contributed by atoms with Gasteiger partial charge < -0.3 is 4.98 Å². The van der Waals surface area contributed by atoms with E-state index >= 15 is 0 Å². The number of aromatic amines is 1. The molecule has 1 heterocycles. The van der Waals surface area contributed by atoms with Crippen LogP contribution in [-0.2, 0) is 7.05 Å². The third-order valence-corrected chi connectivity index (χ3v) is 1.81. The monoisotopic (exact) mass is 206 g/mol. The summed E-state index contributed by atoms with van der Waals surface area (Å²) in [4.78, 5) is 13.8. The van der Waals surface area contributed by atoms with Crippen LogP contribution >= 0.6 is 0 Å². The van der Waals surface area contributed by atoms with Gasteiger partial charge in [-0.25, -0.2) is 4.79 Å². The molecule has 0 saturated carbocycles. The molecule has 0 aliphatic heterocycles. The second kappa shape index (κ2) is 6.65. The molecule has 2 aromatic rings. The average molecular weight is 206 g/mol. The van der Waals surface area contributed by atoms with Crippen LogP contribution in [-0.4, -0.2) is 9.55 Å². The van der Waals surface area contributed by atoms with Crippen molar-refractivity contribution in [1.82, 2.24) is 9.55 Å². The summed E-state index contributed by atoms with van der Waals surface area (Å²) < 4.78 is 1.59. The summed E-state index contributed by atoms with van der Waals surface area (Å²) in [5.41, 5.74) is 1.77. The van der Waals surface area contributed by atoms with Gasteiger partial charge in [-0.05, 0) is 12.1 Å². The van der Waals surface area contributed by atoms with E-state index in [1.54, 1.807) is 11.6 Å². The number of para-hydroxylation sites is 2. The standard InChI is InChI=1S/C8H8N2O.C2H6.C2H4/c1-10-7-5-3-2-4-6(7)9-8(10)11;2*1-2/h2-5H,1H3,(H,9,11);1-2H3;1-2H2. The fraction of sp³-hybridized carbons (Fsp3) is 0.250. The molecular weight excluding hydrogens is 188 g/mol. The number of rotatable bonds is 0. The highest BCUT2D eigenvalue weighted by Gasteiger charge is 1.98.